The van der Waals surface area contributed by atoms with E-state index in [4.69, 9.17) is 0 Å². The van der Waals surface area contributed by atoms with E-state index < -0.39 is 5.91 Å². The maximum atomic E-state index is 12.3. The molecular weight excluding hydrogens is 300 g/mol. The molecule has 0 radical (unpaired) electrons. The SMILES string of the molecule is Cc1nc(C(C)NC(=O)c2cnc(C3CC3)[nH]c2=O)c(C)s1. The molecule has 2 aromatic heterocycles. The Kier molecular flexibility index (Phi) is 3.82. The Bertz CT molecular complexity index is 776. The third kappa shape index (κ3) is 2.94. The number of aromatic nitrogens is 3. The molecule has 0 aliphatic heterocycles. The van der Waals surface area contributed by atoms with Crippen LogP contribution >= 0.6 is 11.3 Å². The molecule has 1 unspecified atom stereocenters. The molecule has 1 amide bonds. The van der Waals surface area contributed by atoms with Gasteiger partial charge in [-0.3, -0.25) is 9.59 Å². The average molecular weight is 318 g/mol. The molecule has 22 heavy (non-hydrogen) atoms. The number of amides is 1. The van der Waals surface area contributed by atoms with Gasteiger partial charge in [0.15, 0.2) is 0 Å². The van der Waals surface area contributed by atoms with Gasteiger partial charge in [-0.15, -0.1) is 11.3 Å². The molecule has 1 aliphatic rings. The molecule has 0 aromatic carbocycles. The van der Waals surface area contributed by atoms with Gasteiger partial charge < -0.3 is 10.3 Å². The zero-order valence-electron chi connectivity index (χ0n) is 12.8. The first-order valence-corrected chi connectivity index (χ1v) is 8.11. The summed E-state index contributed by atoms with van der Waals surface area (Å²) in [6, 6.07) is -0.250. The lowest BCUT2D eigenvalue weighted by Crippen LogP contribution is -2.32. The van der Waals surface area contributed by atoms with Gasteiger partial charge in [0, 0.05) is 17.0 Å². The van der Waals surface area contributed by atoms with Gasteiger partial charge in [-0.2, -0.15) is 0 Å². The highest BCUT2D eigenvalue weighted by Crippen LogP contribution is 2.37. The van der Waals surface area contributed by atoms with E-state index in [2.05, 4.69) is 20.3 Å². The molecule has 0 saturated heterocycles. The molecule has 2 N–H and O–H groups in total. The van der Waals surface area contributed by atoms with Gasteiger partial charge >= 0.3 is 0 Å². The van der Waals surface area contributed by atoms with Crippen molar-refractivity contribution >= 4 is 17.2 Å². The number of nitrogens with zero attached hydrogens (tertiary/aromatic N) is 2. The highest BCUT2D eigenvalue weighted by molar-refractivity contribution is 7.11. The van der Waals surface area contributed by atoms with E-state index in [1.54, 1.807) is 11.3 Å². The Labute approximate surface area is 132 Å². The molecule has 2 heterocycles. The summed E-state index contributed by atoms with van der Waals surface area (Å²) in [7, 11) is 0. The molecule has 2 aromatic rings. The van der Waals surface area contributed by atoms with Crippen LogP contribution in [0.1, 0.15) is 63.5 Å². The standard InChI is InChI=1S/C15H18N4O2S/c1-7(12-8(2)22-9(3)18-12)17-14(20)11-6-16-13(10-4-5-10)19-15(11)21/h6-7,10H,4-5H2,1-3H3,(H,17,20)(H,16,19,21). The minimum Gasteiger partial charge on any atom is -0.344 e. The monoisotopic (exact) mass is 318 g/mol. The summed E-state index contributed by atoms with van der Waals surface area (Å²) in [4.78, 5) is 36.7. The van der Waals surface area contributed by atoms with Gasteiger partial charge in [0.1, 0.15) is 11.4 Å². The molecule has 1 fully saturated rings. The number of nitrogens with one attached hydrogen (secondary N) is 2. The van der Waals surface area contributed by atoms with Crippen LogP contribution in [0.2, 0.25) is 0 Å². The minimum absolute atomic E-state index is 0.0425. The fourth-order valence-electron chi connectivity index (χ4n) is 2.42. The van der Waals surface area contributed by atoms with Crippen molar-refractivity contribution in [2.45, 2.75) is 45.6 Å². The van der Waals surface area contributed by atoms with Gasteiger partial charge in [-0.1, -0.05) is 0 Å². The quantitative estimate of drug-likeness (QED) is 0.904. The van der Waals surface area contributed by atoms with Gasteiger partial charge in [0.25, 0.3) is 11.5 Å². The Balaban J connectivity index is 1.76. The molecule has 1 atom stereocenters. The van der Waals surface area contributed by atoms with E-state index in [0.29, 0.717) is 11.7 Å². The first-order valence-electron chi connectivity index (χ1n) is 7.29. The third-order valence-corrected chi connectivity index (χ3v) is 4.63. The Morgan fingerprint density at radius 3 is 2.73 bits per heavy atom. The highest BCUT2D eigenvalue weighted by atomic mass is 32.1. The van der Waals surface area contributed by atoms with E-state index in [1.165, 1.54) is 6.20 Å². The van der Waals surface area contributed by atoms with Crippen molar-refractivity contribution in [1.29, 1.82) is 0 Å². The summed E-state index contributed by atoms with van der Waals surface area (Å²) in [6.07, 6.45) is 3.47. The maximum absolute atomic E-state index is 12.3. The number of hydrogen-bond donors (Lipinski definition) is 2. The third-order valence-electron chi connectivity index (χ3n) is 3.72. The molecule has 1 saturated carbocycles. The lowest BCUT2D eigenvalue weighted by atomic mass is 10.2. The molecule has 3 rings (SSSR count). The number of aromatic amines is 1. The van der Waals surface area contributed by atoms with E-state index >= 15 is 0 Å². The van der Waals surface area contributed by atoms with Crippen LogP contribution in [0, 0.1) is 13.8 Å². The predicted octanol–water partition coefficient (Wildman–Crippen LogP) is 2.21. The zero-order valence-corrected chi connectivity index (χ0v) is 13.6. The fraction of sp³-hybridized carbons (Fsp3) is 0.467. The Morgan fingerprint density at radius 1 is 1.45 bits per heavy atom. The number of aryl methyl sites for hydroxylation is 2. The van der Waals surface area contributed by atoms with Crippen LogP contribution in [0.5, 0.6) is 0 Å². The van der Waals surface area contributed by atoms with Crippen LogP contribution in [-0.4, -0.2) is 20.9 Å². The van der Waals surface area contributed by atoms with Crippen molar-refractivity contribution in [3.05, 3.63) is 43.5 Å². The number of carbonyl (C=O) groups excluding carboxylic acids is 1. The molecule has 0 spiro atoms. The first-order chi connectivity index (χ1) is 10.5. The summed E-state index contributed by atoms with van der Waals surface area (Å²) < 4.78 is 0. The second-order valence-electron chi connectivity index (χ2n) is 5.65. The van der Waals surface area contributed by atoms with Gasteiger partial charge in [0.05, 0.1) is 16.7 Å². The van der Waals surface area contributed by atoms with E-state index in [0.717, 1.165) is 28.4 Å². The van der Waals surface area contributed by atoms with Crippen molar-refractivity contribution in [3.8, 4) is 0 Å². The number of rotatable bonds is 4. The second kappa shape index (κ2) is 5.64. The van der Waals surface area contributed by atoms with E-state index in [9.17, 15) is 9.59 Å². The summed E-state index contributed by atoms with van der Waals surface area (Å²) in [6.45, 7) is 5.77. The van der Waals surface area contributed by atoms with Crippen molar-refractivity contribution < 1.29 is 4.79 Å². The number of H-pyrrole nitrogens is 1. The summed E-state index contributed by atoms with van der Waals surface area (Å²) in [5.41, 5.74) is 0.503. The summed E-state index contributed by atoms with van der Waals surface area (Å²) >= 11 is 1.59. The molecular formula is C15H18N4O2S. The molecule has 1 aliphatic carbocycles. The summed E-state index contributed by atoms with van der Waals surface area (Å²) in [5.74, 6) is 0.610. The van der Waals surface area contributed by atoms with Crippen LogP contribution in [0.15, 0.2) is 11.0 Å². The zero-order chi connectivity index (χ0) is 15.9. The van der Waals surface area contributed by atoms with Gasteiger partial charge in [-0.05, 0) is 33.6 Å². The number of thiazole rings is 1. The number of carbonyl (C=O) groups is 1. The van der Waals surface area contributed by atoms with Crippen molar-refractivity contribution in [1.82, 2.24) is 20.3 Å². The van der Waals surface area contributed by atoms with Crippen molar-refractivity contribution in [2.24, 2.45) is 0 Å². The highest BCUT2D eigenvalue weighted by Gasteiger charge is 2.27. The minimum atomic E-state index is -0.423. The normalized spacial score (nSPS) is 15.6. The van der Waals surface area contributed by atoms with E-state index in [-0.39, 0.29) is 17.2 Å². The number of hydrogen-bond acceptors (Lipinski definition) is 5. The van der Waals surface area contributed by atoms with Crippen LogP contribution in [0.25, 0.3) is 0 Å². The first kappa shape index (κ1) is 14.9. The molecule has 7 heteroatoms. The maximum Gasteiger partial charge on any atom is 0.263 e. The van der Waals surface area contributed by atoms with Crippen molar-refractivity contribution in [3.63, 3.8) is 0 Å². The largest absolute Gasteiger partial charge is 0.344 e. The average Bonchev–Trinajstić information content (AvgIpc) is 3.23. The molecule has 116 valence electrons. The van der Waals surface area contributed by atoms with Gasteiger partial charge in [0.2, 0.25) is 0 Å². The van der Waals surface area contributed by atoms with E-state index in [1.807, 2.05) is 20.8 Å². The van der Waals surface area contributed by atoms with Crippen LogP contribution in [-0.2, 0) is 0 Å². The van der Waals surface area contributed by atoms with Gasteiger partial charge in [-0.25, -0.2) is 9.97 Å². The summed E-state index contributed by atoms with van der Waals surface area (Å²) in [5, 5.41) is 3.78. The Hall–Kier alpha value is -2.02. The van der Waals surface area contributed by atoms with Crippen LogP contribution in [0.3, 0.4) is 0 Å². The molecule has 0 bridgehead atoms. The predicted molar refractivity (Wildman–Crippen MR) is 84.3 cm³/mol. The van der Waals surface area contributed by atoms with Crippen molar-refractivity contribution in [2.75, 3.05) is 0 Å². The van der Waals surface area contributed by atoms with Crippen LogP contribution in [0.4, 0.5) is 0 Å². The lowest BCUT2D eigenvalue weighted by Gasteiger charge is -2.12. The molecule has 6 nitrogen and oxygen atoms in total. The Morgan fingerprint density at radius 2 is 2.18 bits per heavy atom. The topological polar surface area (TPSA) is 87.7 Å². The van der Waals surface area contributed by atoms with Crippen LogP contribution < -0.4 is 10.9 Å². The fourth-order valence-corrected chi connectivity index (χ4v) is 3.34. The second-order valence-corrected chi connectivity index (χ2v) is 7.06. The lowest BCUT2D eigenvalue weighted by molar-refractivity contribution is 0.0937. The smallest absolute Gasteiger partial charge is 0.263 e.